The molecule has 24 heavy (non-hydrogen) atoms. The first kappa shape index (κ1) is 19.4. The van der Waals surface area contributed by atoms with E-state index < -0.39 is 0 Å². The highest BCUT2D eigenvalue weighted by Gasteiger charge is 2.03. The van der Waals surface area contributed by atoms with E-state index in [1.807, 2.05) is 36.4 Å². The fourth-order valence-electron chi connectivity index (χ4n) is 2.15. The summed E-state index contributed by atoms with van der Waals surface area (Å²) in [6.07, 6.45) is 0. The first-order valence-electron chi connectivity index (χ1n) is 7.51. The topological polar surface area (TPSA) is 0 Å². The van der Waals surface area contributed by atoms with Gasteiger partial charge in [0.25, 0.3) is 0 Å². The number of benzene rings is 3. The van der Waals surface area contributed by atoms with Gasteiger partial charge in [-0.3, -0.25) is 0 Å². The van der Waals surface area contributed by atoms with Crippen LogP contribution in [0.5, 0.6) is 0 Å². The van der Waals surface area contributed by atoms with Crippen molar-refractivity contribution in [2.45, 2.75) is 21.3 Å². The molecule has 0 aromatic heterocycles. The van der Waals surface area contributed by atoms with Crippen LogP contribution in [-0.2, 0) is 11.5 Å². The summed E-state index contributed by atoms with van der Waals surface area (Å²) in [4.78, 5) is 1.96. The molecule has 0 unspecified atom stereocenters. The van der Waals surface area contributed by atoms with Gasteiger partial charge in [0, 0.05) is 21.3 Å². The molecular formula is C20H20S4. The van der Waals surface area contributed by atoms with E-state index in [0.29, 0.717) is 0 Å². The van der Waals surface area contributed by atoms with Crippen LogP contribution in [-0.4, -0.2) is 0 Å². The lowest BCUT2D eigenvalue weighted by Crippen LogP contribution is -1.81. The van der Waals surface area contributed by atoms with Gasteiger partial charge in [-0.1, -0.05) is 60.7 Å². The van der Waals surface area contributed by atoms with Gasteiger partial charge in [0.15, 0.2) is 0 Å². The van der Waals surface area contributed by atoms with Crippen LogP contribution in [0.15, 0.2) is 82.6 Å². The van der Waals surface area contributed by atoms with Crippen LogP contribution in [0.3, 0.4) is 0 Å². The highest BCUT2D eigenvalue weighted by atomic mass is 32.1. The fourth-order valence-corrected chi connectivity index (χ4v) is 3.14. The summed E-state index contributed by atoms with van der Waals surface area (Å²) >= 11 is 17.2. The standard InChI is InChI=1S/C12H10S2.C8H10S2/c13-11-7-3-1-5-9(11)10-6-2-4-8-12(10)14;9-5-7-1-2-8(6-10)4-3-7/h1-8,13-14H;1-4,9-10H,5-6H2. The third-order valence-electron chi connectivity index (χ3n) is 3.49. The SMILES string of the molecule is SCc1ccc(CS)cc1.Sc1ccccc1-c1ccccc1S. The van der Waals surface area contributed by atoms with E-state index in [-0.39, 0.29) is 0 Å². The molecule has 124 valence electrons. The van der Waals surface area contributed by atoms with Gasteiger partial charge in [0.1, 0.15) is 0 Å². The molecule has 0 aliphatic heterocycles. The molecule has 0 nitrogen and oxygen atoms in total. The van der Waals surface area contributed by atoms with Gasteiger partial charge < -0.3 is 0 Å². The Balaban J connectivity index is 0.000000185. The first-order chi connectivity index (χ1) is 11.7. The molecule has 4 heteroatoms. The van der Waals surface area contributed by atoms with Crippen molar-refractivity contribution in [1.29, 1.82) is 0 Å². The van der Waals surface area contributed by atoms with Crippen LogP contribution < -0.4 is 0 Å². The van der Waals surface area contributed by atoms with Crippen LogP contribution >= 0.6 is 50.5 Å². The maximum atomic E-state index is 4.42. The van der Waals surface area contributed by atoms with Gasteiger partial charge >= 0.3 is 0 Å². The van der Waals surface area contributed by atoms with Gasteiger partial charge in [0.2, 0.25) is 0 Å². The van der Waals surface area contributed by atoms with E-state index in [9.17, 15) is 0 Å². The summed E-state index contributed by atoms with van der Waals surface area (Å²) in [5, 5.41) is 0. The molecule has 0 fully saturated rings. The third-order valence-corrected chi connectivity index (χ3v) is 5.00. The number of thiol groups is 4. The maximum absolute atomic E-state index is 4.42. The molecule has 0 aliphatic rings. The zero-order valence-corrected chi connectivity index (χ0v) is 16.7. The molecule has 3 aromatic carbocycles. The molecule has 0 radical (unpaired) electrons. The largest absolute Gasteiger partial charge is 0.175 e. The van der Waals surface area contributed by atoms with Gasteiger partial charge in [-0.25, -0.2) is 0 Å². The minimum atomic E-state index is 0.812. The Kier molecular flexibility index (Phi) is 8.19. The highest BCUT2D eigenvalue weighted by Crippen LogP contribution is 2.30. The monoisotopic (exact) mass is 388 g/mol. The predicted molar refractivity (Wildman–Crippen MR) is 118 cm³/mol. The van der Waals surface area contributed by atoms with Crippen LogP contribution in [0.4, 0.5) is 0 Å². The Hall–Kier alpha value is -0.940. The fraction of sp³-hybridized carbons (Fsp3) is 0.100. The minimum Gasteiger partial charge on any atom is -0.175 e. The summed E-state index contributed by atoms with van der Waals surface area (Å²) in [6, 6.07) is 24.4. The van der Waals surface area contributed by atoms with E-state index in [2.05, 4.69) is 86.9 Å². The molecule has 0 heterocycles. The smallest absolute Gasteiger partial charge is 0.0154 e. The summed E-state index contributed by atoms with van der Waals surface area (Å²) < 4.78 is 0. The zero-order chi connectivity index (χ0) is 17.4. The van der Waals surface area contributed by atoms with E-state index in [4.69, 9.17) is 0 Å². The molecule has 0 bridgehead atoms. The van der Waals surface area contributed by atoms with Crippen molar-refractivity contribution in [2.75, 3.05) is 0 Å². The van der Waals surface area contributed by atoms with Gasteiger partial charge in [-0.2, -0.15) is 25.3 Å². The van der Waals surface area contributed by atoms with Crippen molar-refractivity contribution < 1.29 is 0 Å². The summed E-state index contributed by atoms with van der Waals surface area (Å²) in [6.45, 7) is 0. The predicted octanol–water partition coefficient (Wildman–Crippen LogP) is 6.48. The van der Waals surface area contributed by atoms with E-state index in [1.54, 1.807) is 0 Å². The quantitative estimate of drug-likeness (QED) is 0.363. The molecule has 3 aromatic rings. The molecule has 0 spiro atoms. The van der Waals surface area contributed by atoms with Crippen molar-refractivity contribution >= 4 is 50.5 Å². The summed E-state index contributed by atoms with van der Waals surface area (Å²) in [5.41, 5.74) is 4.77. The van der Waals surface area contributed by atoms with Crippen LogP contribution in [0.25, 0.3) is 11.1 Å². The van der Waals surface area contributed by atoms with Crippen molar-refractivity contribution in [1.82, 2.24) is 0 Å². The molecule has 0 N–H and O–H groups in total. The third kappa shape index (κ3) is 5.55. The lowest BCUT2D eigenvalue weighted by molar-refractivity contribution is 1.35. The number of rotatable bonds is 3. The van der Waals surface area contributed by atoms with E-state index >= 15 is 0 Å². The second kappa shape index (κ2) is 10.1. The Bertz CT molecular complexity index is 700. The Morgan fingerprint density at radius 3 is 1.12 bits per heavy atom. The summed E-state index contributed by atoms with van der Waals surface area (Å²) in [5.74, 6) is 1.62. The van der Waals surface area contributed by atoms with Crippen molar-refractivity contribution in [3.63, 3.8) is 0 Å². The minimum absolute atomic E-state index is 0.812. The number of hydrogen-bond acceptors (Lipinski definition) is 4. The van der Waals surface area contributed by atoms with E-state index in [1.165, 1.54) is 11.1 Å². The Labute approximate surface area is 166 Å². The zero-order valence-electron chi connectivity index (χ0n) is 13.1. The lowest BCUT2D eigenvalue weighted by atomic mass is 10.1. The van der Waals surface area contributed by atoms with Gasteiger partial charge in [-0.05, 0) is 34.4 Å². The average molecular weight is 389 g/mol. The van der Waals surface area contributed by atoms with Crippen molar-refractivity contribution in [2.24, 2.45) is 0 Å². The molecule has 0 amide bonds. The van der Waals surface area contributed by atoms with Gasteiger partial charge in [-0.15, -0.1) is 25.3 Å². The molecule has 0 atom stereocenters. The normalized spacial score (nSPS) is 10.0. The van der Waals surface area contributed by atoms with E-state index in [0.717, 1.165) is 32.4 Å². The molecule has 0 saturated carbocycles. The van der Waals surface area contributed by atoms with Gasteiger partial charge in [0.05, 0.1) is 0 Å². The highest BCUT2D eigenvalue weighted by molar-refractivity contribution is 7.81. The van der Waals surface area contributed by atoms with Crippen LogP contribution in [0, 0.1) is 0 Å². The first-order valence-corrected chi connectivity index (χ1v) is 9.67. The molecule has 3 rings (SSSR count). The average Bonchev–Trinajstić information content (AvgIpc) is 2.63. The second-order valence-electron chi connectivity index (χ2n) is 5.17. The Morgan fingerprint density at radius 1 is 0.500 bits per heavy atom. The molecule has 0 aliphatic carbocycles. The van der Waals surface area contributed by atoms with Crippen LogP contribution in [0.1, 0.15) is 11.1 Å². The van der Waals surface area contributed by atoms with Crippen molar-refractivity contribution in [3.8, 4) is 11.1 Å². The lowest BCUT2D eigenvalue weighted by Gasteiger charge is -2.06. The maximum Gasteiger partial charge on any atom is 0.0154 e. The number of hydrogen-bond donors (Lipinski definition) is 4. The second-order valence-corrected chi connectivity index (χ2v) is 6.76. The van der Waals surface area contributed by atoms with Crippen LogP contribution in [0.2, 0.25) is 0 Å². The molecule has 0 saturated heterocycles. The summed E-state index contributed by atoms with van der Waals surface area (Å²) in [7, 11) is 0. The Morgan fingerprint density at radius 2 is 0.833 bits per heavy atom. The molecular weight excluding hydrogens is 368 g/mol. The van der Waals surface area contributed by atoms with Crippen molar-refractivity contribution in [3.05, 3.63) is 83.9 Å².